The number of nitrogens with zero attached hydrogens (tertiary/aromatic N) is 1. The Morgan fingerprint density at radius 1 is 1.52 bits per heavy atom. The van der Waals surface area contributed by atoms with Gasteiger partial charge in [-0.3, -0.25) is 9.69 Å². The van der Waals surface area contributed by atoms with Gasteiger partial charge in [0, 0.05) is 0 Å². The van der Waals surface area contributed by atoms with E-state index in [0.717, 1.165) is 11.8 Å². The van der Waals surface area contributed by atoms with Crippen molar-refractivity contribution in [1.82, 2.24) is 4.90 Å². The van der Waals surface area contributed by atoms with Gasteiger partial charge >= 0.3 is 5.97 Å². The molecular formula is C15H15NO4S3. The summed E-state index contributed by atoms with van der Waals surface area (Å²) >= 11 is 7.79. The third-order valence-electron chi connectivity index (χ3n) is 3.18. The summed E-state index contributed by atoms with van der Waals surface area (Å²) < 4.78 is 0.245. The van der Waals surface area contributed by atoms with Crippen LogP contribution in [-0.2, 0) is 9.59 Å². The van der Waals surface area contributed by atoms with Crippen LogP contribution in [0.15, 0.2) is 29.2 Å². The highest BCUT2D eigenvalue weighted by molar-refractivity contribution is 8.26. The Labute approximate surface area is 147 Å². The molecule has 0 unspecified atom stereocenters. The minimum absolute atomic E-state index is 0.0950. The van der Waals surface area contributed by atoms with Gasteiger partial charge in [-0.1, -0.05) is 36.1 Å². The summed E-state index contributed by atoms with van der Waals surface area (Å²) in [6, 6.07) is 5.51. The minimum atomic E-state index is -1.06. The van der Waals surface area contributed by atoms with Gasteiger partial charge in [-0.05, 0) is 42.2 Å². The predicted octanol–water partition coefficient (Wildman–Crippen LogP) is 2.80. The van der Waals surface area contributed by atoms with E-state index >= 15 is 0 Å². The van der Waals surface area contributed by atoms with Crippen molar-refractivity contribution in [3.63, 3.8) is 0 Å². The fraction of sp³-hybridized carbons (Fsp3) is 0.267. The van der Waals surface area contributed by atoms with E-state index < -0.39 is 17.9 Å². The average Bonchev–Trinajstić information content (AvgIpc) is 2.75. The summed E-state index contributed by atoms with van der Waals surface area (Å²) in [6.45, 7) is 0. The molecule has 2 N–H and O–H groups in total. The molecule has 1 aliphatic rings. The van der Waals surface area contributed by atoms with Gasteiger partial charge in [0.2, 0.25) is 0 Å². The summed E-state index contributed by atoms with van der Waals surface area (Å²) in [6.07, 6.45) is 3.82. The maximum Gasteiger partial charge on any atom is 0.326 e. The Morgan fingerprint density at radius 3 is 2.87 bits per heavy atom. The number of phenolic OH excluding ortho intramolecular Hbond substituents is 1. The third-order valence-corrected chi connectivity index (χ3v) is 5.16. The molecule has 0 radical (unpaired) electrons. The zero-order valence-corrected chi connectivity index (χ0v) is 14.7. The Morgan fingerprint density at radius 2 is 2.26 bits per heavy atom. The second kappa shape index (κ2) is 7.85. The Balaban J connectivity index is 2.26. The smallest absolute Gasteiger partial charge is 0.326 e. The number of hydrogen-bond donors (Lipinski definition) is 2. The van der Waals surface area contributed by atoms with E-state index in [0.29, 0.717) is 22.6 Å². The first-order chi connectivity index (χ1) is 10.9. The number of carboxylic acid groups (broad SMARTS) is 1. The third kappa shape index (κ3) is 4.27. The van der Waals surface area contributed by atoms with Gasteiger partial charge in [0.05, 0.1) is 4.91 Å². The molecule has 1 aromatic rings. The van der Waals surface area contributed by atoms with E-state index in [1.807, 2.05) is 6.26 Å². The quantitative estimate of drug-likeness (QED) is 0.590. The number of carbonyl (C=O) groups excluding carboxylic acids is 1. The standard InChI is InChI=1S/C15H15NO4S3/c1-22-6-5-11(14(19)20)16-13(18)12(23-15(16)21)8-9-3-2-4-10(17)7-9/h2-4,7-8,11,17H,5-6H2,1H3,(H,19,20)/b12-8+/t11-/m1/s1. The number of aromatic hydroxyl groups is 1. The number of carbonyl (C=O) groups is 2. The van der Waals surface area contributed by atoms with Gasteiger partial charge in [-0.2, -0.15) is 11.8 Å². The summed E-state index contributed by atoms with van der Waals surface area (Å²) in [5.41, 5.74) is 0.654. The SMILES string of the molecule is CSCC[C@H](C(=O)O)N1C(=O)/C(=C\c2cccc(O)c2)SC1=S. The number of amides is 1. The lowest BCUT2D eigenvalue weighted by Crippen LogP contribution is -2.44. The van der Waals surface area contributed by atoms with Crippen molar-refractivity contribution in [3.05, 3.63) is 34.7 Å². The van der Waals surface area contributed by atoms with Gasteiger partial charge in [0.25, 0.3) is 5.91 Å². The maximum absolute atomic E-state index is 12.5. The van der Waals surface area contributed by atoms with Crippen molar-refractivity contribution in [2.75, 3.05) is 12.0 Å². The lowest BCUT2D eigenvalue weighted by Gasteiger charge is -2.22. The molecule has 1 aromatic carbocycles. The van der Waals surface area contributed by atoms with Crippen molar-refractivity contribution in [1.29, 1.82) is 0 Å². The maximum atomic E-state index is 12.5. The molecule has 1 atom stereocenters. The van der Waals surface area contributed by atoms with Crippen LogP contribution in [0.25, 0.3) is 6.08 Å². The number of rotatable bonds is 6. The second-order valence-electron chi connectivity index (χ2n) is 4.78. The van der Waals surface area contributed by atoms with Crippen molar-refractivity contribution >= 4 is 58.0 Å². The Bertz CT molecular complexity index is 674. The van der Waals surface area contributed by atoms with E-state index in [4.69, 9.17) is 12.2 Å². The van der Waals surface area contributed by atoms with Gasteiger partial charge < -0.3 is 10.2 Å². The van der Waals surface area contributed by atoms with Gasteiger partial charge in [0.1, 0.15) is 16.1 Å². The zero-order chi connectivity index (χ0) is 17.0. The van der Waals surface area contributed by atoms with Crippen LogP contribution in [-0.4, -0.2) is 49.4 Å². The molecule has 0 aromatic heterocycles. The molecule has 1 amide bonds. The molecule has 1 saturated heterocycles. The van der Waals surface area contributed by atoms with E-state index in [1.165, 1.54) is 28.8 Å². The van der Waals surface area contributed by atoms with Gasteiger partial charge in [0.15, 0.2) is 0 Å². The van der Waals surface area contributed by atoms with Crippen molar-refractivity contribution in [2.24, 2.45) is 0 Å². The second-order valence-corrected chi connectivity index (χ2v) is 7.44. The van der Waals surface area contributed by atoms with Crippen LogP contribution < -0.4 is 0 Å². The monoisotopic (exact) mass is 369 g/mol. The van der Waals surface area contributed by atoms with Crippen LogP contribution in [0.3, 0.4) is 0 Å². The van der Waals surface area contributed by atoms with Crippen LogP contribution in [0, 0.1) is 0 Å². The molecule has 1 heterocycles. The summed E-state index contributed by atoms with van der Waals surface area (Å²) in [5, 5.41) is 18.9. The number of benzene rings is 1. The Hall–Kier alpha value is -1.51. The molecule has 1 aliphatic heterocycles. The molecule has 8 heteroatoms. The first kappa shape index (κ1) is 17.8. The molecule has 0 spiro atoms. The van der Waals surface area contributed by atoms with E-state index in [9.17, 15) is 19.8 Å². The average molecular weight is 369 g/mol. The molecule has 122 valence electrons. The summed E-state index contributed by atoms with van der Waals surface area (Å²) in [5.74, 6) is -0.747. The Kier molecular flexibility index (Phi) is 6.09. The number of hydrogen-bond acceptors (Lipinski definition) is 6. The summed E-state index contributed by atoms with van der Waals surface area (Å²) in [4.78, 5) is 25.5. The fourth-order valence-corrected chi connectivity index (χ4v) is 3.92. The van der Waals surface area contributed by atoms with E-state index in [1.54, 1.807) is 18.2 Å². The van der Waals surface area contributed by atoms with Gasteiger partial charge in [-0.15, -0.1) is 0 Å². The lowest BCUT2D eigenvalue weighted by atomic mass is 10.1. The molecule has 23 heavy (non-hydrogen) atoms. The van der Waals surface area contributed by atoms with Crippen LogP contribution in [0.2, 0.25) is 0 Å². The first-order valence-electron chi connectivity index (χ1n) is 6.72. The number of aliphatic carboxylic acids is 1. The normalized spacial score (nSPS) is 17.8. The molecule has 0 bridgehead atoms. The lowest BCUT2D eigenvalue weighted by molar-refractivity contribution is -0.145. The van der Waals surface area contributed by atoms with E-state index in [-0.39, 0.29) is 10.1 Å². The molecule has 5 nitrogen and oxygen atoms in total. The number of thiocarbonyl (C=S) groups is 1. The first-order valence-corrected chi connectivity index (χ1v) is 9.33. The number of carboxylic acids is 1. The van der Waals surface area contributed by atoms with Crippen LogP contribution in [0.5, 0.6) is 5.75 Å². The van der Waals surface area contributed by atoms with Crippen molar-refractivity contribution in [2.45, 2.75) is 12.5 Å². The molecular weight excluding hydrogens is 354 g/mol. The zero-order valence-electron chi connectivity index (χ0n) is 12.3. The molecule has 2 rings (SSSR count). The number of thioether (sulfide) groups is 2. The van der Waals surface area contributed by atoms with Crippen LogP contribution in [0.4, 0.5) is 0 Å². The van der Waals surface area contributed by atoms with Crippen LogP contribution >= 0.6 is 35.7 Å². The highest BCUT2D eigenvalue weighted by atomic mass is 32.2. The molecule has 0 aliphatic carbocycles. The topological polar surface area (TPSA) is 77.8 Å². The fourth-order valence-electron chi connectivity index (χ4n) is 2.11. The largest absolute Gasteiger partial charge is 0.508 e. The van der Waals surface area contributed by atoms with Crippen LogP contribution in [0.1, 0.15) is 12.0 Å². The highest BCUT2D eigenvalue weighted by Gasteiger charge is 2.40. The number of phenols is 1. The molecule has 1 fully saturated rings. The van der Waals surface area contributed by atoms with Crippen molar-refractivity contribution < 1.29 is 19.8 Å². The summed E-state index contributed by atoms with van der Waals surface area (Å²) in [7, 11) is 0. The van der Waals surface area contributed by atoms with E-state index in [2.05, 4.69) is 0 Å². The van der Waals surface area contributed by atoms with Gasteiger partial charge in [-0.25, -0.2) is 4.79 Å². The highest BCUT2D eigenvalue weighted by Crippen LogP contribution is 2.35. The van der Waals surface area contributed by atoms with Crippen molar-refractivity contribution in [3.8, 4) is 5.75 Å². The minimum Gasteiger partial charge on any atom is -0.508 e. The molecule has 0 saturated carbocycles. The predicted molar refractivity (Wildman–Crippen MR) is 97.5 cm³/mol.